The average molecular weight is 721 g/mol. The summed E-state index contributed by atoms with van der Waals surface area (Å²) in [5.74, 6) is -1.26. The Morgan fingerprint density at radius 3 is 2.31 bits per heavy atom. The van der Waals surface area contributed by atoms with Crippen molar-refractivity contribution in [3.05, 3.63) is 11.6 Å². The minimum atomic E-state index is -5.01. The Labute approximate surface area is 290 Å². The van der Waals surface area contributed by atoms with Crippen LogP contribution in [0.25, 0.3) is 0 Å². The monoisotopic (exact) mass is 720 g/mol. The van der Waals surface area contributed by atoms with Crippen molar-refractivity contribution in [2.75, 3.05) is 20.3 Å². The Morgan fingerprint density at radius 2 is 1.69 bits per heavy atom. The molecule has 0 spiro atoms. The predicted molar refractivity (Wildman–Crippen MR) is 177 cm³/mol. The number of aliphatic hydroxyl groups excluding tert-OH is 5. The van der Waals surface area contributed by atoms with Crippen molar-refractivity contribution in [3.8, 4) is 0 Å². The van der Waals surface area contributed by atoms with Gasteiger partial charge in [-0.2, -0.15) is 8.42 Å². The first-order valence-electron chi connectivity index (χ1n) is 18.1. The van der Waals surface area contributed by atoms with E-state index in [9.17, 15) is 43.6 Å². The van der Waals surface area contributed by atoms with Gasteiger partial charge >= 0.3 is 10.4 Å². The molecule has 1 saturated heterocycles. The summed E-state index contributed by atoms with van der Waals surface area (Å²) in [4.78, 5) is 0. The van der Waals surface area contributed by atoms with Crippen LogP contribution >= 0.6 is 0 Å². The molecule has 4 aliphatic carbocycles. The molecule has 49 heavy (non-hydrogen) atoms. The van der Waals surface area contributed by atoms with E-state index in [1.807, 2.05) is 26.8 Å². The van der Waals surface area contributed by atoms with Crippen molar-refractivity contribution >= 4 is 10.4 Å². The van der Waals surface area contributed by atoms with Gasteiger partial charge in [-0.25, -0.2) is 4.18 Å². The second kappa shape index (κ2) is 14.6. The largest absolute Gasteiger partial charge is 0.397 e. The first-order valence-corrected chi connectivity index (χ1v) is 19.4. The van der Waals surface area contributed by atoms with Gasteiger partial charge in [0.2, 0.25) is 0 Å². The van der Waals surface area contributed by atoms with Gasteiger partial charge in [-0.3, -0.25) is 4.55 Å². The molecule has 0 aromatic rings. The lowest BCUT2D eigenvalue weighted by Crippen LogP contribution is -2.66. The predicted octanol–water partition coefficient (Wildman–Crippen LogP) is 1.97. The maximum absolute atomic E-state index is 12.9. The molecule has 5 aliphatic rings. The van der Waals surface area contributed by atoms with E-state index in [1.54, 1.807) is 0 Å². The number of ether oxygens (including phenoxy) is 3. The highest BCUT2D eigenvalue weighted by molar-refractivity contribution is 7.80. The minimum Gasteiger partial charge on any atom is -0.396 e. The summed E-state index contributed by atoms with van der Waals surface area (Å²) in [6.07, 6.45) is -2.45. The van der Waals surface area contributed by atoms with E-state index in [1.165, 1.54) is 7.11 Å². The molecule has 0 aromatic heterocycles. The molecule has 3 saturated carbocycles. The third kappa shape index (κ3) is 7.16. The smallest absolute Gasteiger partial charge is 0.396 e. The Kier molecular flexibility index (Phi) is 11.7. The summed E-state index contributed by atoms with van der Waals surface area (Å²) < 4.78 is 56.9. The van der Waals surface area contributed by atoms with Crippen LogP contribution < -0.4 is 0 Å². The zero-order valence-corrected chi connectivity index (χ0v) is 30.5. The summed E-state index contributed by atoms with van der Waals surface area (Å²) in [6, 6.07) is 0. The van der Waals surface area contributed by atoms with E-state index in [2.05, 4.69) is 13.8 Å². The van der Waals surface area contributed by atoms with Crippen molar-refractivity contribution in [2.45, 2.75) is 141 Å². The molecule has 284 valence electrons. The zero-order valence-electron chi connectivity index (χ0n) is 29.7. The van der Waals surface area contributed by atoms with Gasteiger partial charge in [0.25, 0.3) is 0 Å². The average Bonchev–Trinajstić information content (AvgIpc) is 3.22. The maximum atomic E-state index is 12.9. The number of hydrogen-bond donors (Lipinski definition) is 7. The molecule has 0 radical (unpaired) electrons. The second-order valence-corrected chi connectivity index (χ2v) is 17.6. The molecule has 5 rings (SSSR count). The highest BCUT2D eigenvalue weighted by Gasteiger charge is 2.73. The normalized spacial score (nSPS) is 46.8. The fraction of sp³-hybridized carbons (Fsp3) is 0.943. The SMILES string of the molecule is CO[C@@H]1[C@H](O[C@@H]2C=C3[C@H](O)C[C@@]4(O)[C@H]5[C@@H](OS(=O)(=O)O)[C@H](O)[C@H]([C@H](C)CC[C@H](CCO)C(C)C)[C@@]5(C)CC[C@@H]4[C@@]3(C)CC2)OC[C@@H](O)[C@H]1O. The number of rotatable bonds is 12. The molecule has 0 aromatic carbocycles. The number of aliphatic hydroxyl groups is 6. The first-order chi connectivity index (χ1) is 22.8. The highest BCUT2D eigenvalue weighted by Crippen LogP contribution is 2.70. The van der Waals surface area contributed by atoms with Gasteiger partial charge in [0.05, 0.1) is 30.5 Å². The summed E-state index contributed by atoms with van der Waals surface area (Å²) >= 11 is 0. The topological polar surface area (TPSA) is 213 Å². The fourth-order valence-electron chi connectivity index (χ4n) is 11.2. The van der Waals surface area contributed by atoms with Crippen molar-refractivity contribution in [1.82, 2.24) is 0 Å². The molecule has 16 atom stereocenters. The Hall–Kier alpha value is -0.750. The summed E-state index contributed by atoms with van der Waals surface area (Å²) in [6.45, 7) is 10.2. The molecule has 4 fully saturated rings. The standard InChI is InChI=1S/C35H60O13S/c1-18(2)20(11-14-36)8-7-19(3)26-28(40)29(48-49(42,43)44)31-34(26,5)13-10-25-33(4)12-9-21(15-22(33)23(37)16-35(25,31)41)47-32-30(45-6)27(39)24(38)17-46-32/h15,18-21,23-32,36-41H,7-14,16-17H2,1-6H3,(H,42,43,44)/t19-,20-,21+,23-,24-,25-,26+,27-,28-,29+,30+,31+,32+,33+,34-,35+/m1/s1. The van der Waals surface area contributed by atoms with E-state index in [0.29, 0.717) is 50.0 Å². The van der Waals surface area contributed by atoms with Crippen LogP contribution in [0.3, 0.4) is 0 Å². The quantitative estimate of drug-likeness (QED) is 0.114. The number of methoxy groups -OCH3 is 1. The number of hydrogen-bond acceptors (Lipinski definition) is 12. The van der Waals surface area contributed by atoms with Crippen LogP contribution in [0.1, 0.15) is 86.0 Å². The van der Waals surface area contributed by atoms with Crippen LogP contribution in [0.4, 0.5) is 0 Å². The van der Waals surface area contributed by atoms with Gasteiger partial charge < -0.3 is 44.8 Å². The second-order valence-electron chi connectivity index (χ2n) is 16.6. The van der Waals surface area contributed by atoms with Crippen molar-refractivity contribution < 1.29 is 62.0 Å². The Bertz CT molecular complexity index is 1290. The van der Waals surface area contributed by atoms with Crippen LogP contribution in [0.5, 0.6) is 0 Å². The van der Waals surface area contributed by atoms with Crippen LogP contribution in [0, 0.1) is 46.3 Å². The Morgan fingerprint density at radius 1 is 1.00 bits per heavy atom. The van der Waals surface area contributed by atoms with Gasteiger partial charge in [0.15, 0.2) is 6.29 Å². The molecule has 14 heteroatoms. The van der Waals surface area contributed by atoms with Crippen molar-refractivity contribution in [2.24, 2.45) is 46.3 Å². The molecular formula is C35H60O13S. The van der Waals surface area contributed by atoms with Gasteiger partial charge in [0, 0.05) is 26.1 Å². The molecular weight excluding hydrogens is 660 g/mol. The molecule has 13 nitrogen and oxygen atoms in total. The molecule has 1 heterocycles. The van der Waals surface area contributed by atoms with E-state index >= 15 is 0 Å². The van der Waals surface area contributed by atoms with Gasteiger partial charge in [-0.05, 0) is 84.5 Å². The van der Waals surface area contributed by atoms with E-state index in [4.69, 9.17) is 18.4 Å². The van der Waals surface area contributed by atoms with E-state index in [-0.39, 0.29) is 31.5 Å². The van der Waals surface area contributed by atoms with Crippen LogP contribution in [-0.2, 0) is 28.8 Å². The van der Waals surface area contributed by atoms with Crippen LogP contribution in [-0.4, -0.2) is 119 Å². The van der Waals surface area contributed by atoms with Gasteiger partial charge in [0.1, 0.15) is 24.4 Å². The Balaban J connectivity index is 1.44. The highest BCUT2D eigenvalue weighted by atomic mass is 32.3. The summed E-state index contributed by atoms with van der Waals surface area (Å²) in [5, 5.41) is 66.6. The van der Waals surface area contributed by atoms with Crippen molar-refractivity contribution in [1.29, 1.82) is 0 Å². The molecule has 1 aliphatic heterocycles. The van der Waals surface area contributed by atoms with E-state index in [0.717, 1.165) is 6.42 Å². The molecule has 0 bridgehead atoms. The van der Waals surface area contributed by atoms with Gasteiger partial charge in [-0.15, -0.1) is 0 Å². The van der Waals surface area contributed by atoms with Crippen LogP contribution in [0.2, 0.25) is 0 Å². The van der Waals surface area contributed by atoms with Gasteiger partial charge in [-0.1, -0.05) is 47.1 Å². The zero-order chi connectivity index (χ0) is 36.3. The third-order valence-corrected chi connectivity index (χ3v) is 14.0. The van der Waals surface area contributed by atoms with Crippen LogP contribution in [0.15, 0.2) is 11.6 Å². The lowest BCUT2D eigenvalue weighted by molar-refractivity contribution is -0.285. The molecule has 0 unspecified atom stereocenters. The lowest BCUT2D eigenvalue weighted by atomic mass is 9.43. The fourth-order valence-corrected chi connectivity index (χ4v) is 11.8. The third-order valence-electron chi connectivity index (χ3n) is 13.5. The van der Waals surface area contributed by atoms with Crippen molar-refractivity contribution in [3.63, 3.8) is 0 Å². The number of fused-ring (bicyclic) bond motifs is 5. The summed E-state index contributed by atoms with van der Waals surface area (Å²) in [7, 11) is -3.61. The minimum absolute atomic E-state index is 0.0848. The molecule has 7 N–H and O–H groups in total. The lowest BCUT2D eigenvalue weighted by Gasteiger charge is -2.64. The van der Waals surface area contributed by atoms with E-state index < -0.39 is 93.6 Å². The first kappa shape index (κ1) is 39.5. The molecule has 0 amide bonds. The maximum Gasteiger partial charge on any atom is 0.397 e. The summed E-state index contributed by atoms with van der Waals surface area (Å²) in [5.41, 5.74) is -2.42.